The third-order valence-electron chi connectivity index (χ3n) is 1.83. The Morgan fingerprint density at radius 1 is 1.21 bits per heavy atom. The highest BCUT2D eigenvalue weighted by molar-refractivity contribution is 5.72. The molecule has 0 aromatic heterocycles. The van der Waals surface area contributed by atoms with E-state index in [9.17, 15) is 4.79 Å². The first kappa shape index (κ1) is 12.9. The summed E-state index contributed by atoms with van der Waals surface area (Å²) in [5.41, 5.74) is 0. The fourth-order valence-corrected chi connectivity index (χ4v) is 1.04. The Bertz CT molecular complexity index is 194. The molecule has 2 heteroatoms. The molecule has 0 aliphatic rings. The van der Waals surface area contributed by atoms with Crippen LogP contribution in [0.5, 0.6) is 0 Å². The van der Waals surface area contributed by atoms with Crippen molar-refractivity contribution in [2.24, 2.45) is 0 Å². The zero-order valence-electron chi connectivity index (χ0n) is 9.25. The Hall–Kier alpha value is -1.05. The fourth-order valence-electron chi connectivity index (χ4n) is 1.04. The van der Waals surface area contributed by atoms with E-state index in [1.54, 1.807) is 0 Å². The van der Waals surface area contributed by atoms with Crippen molar-refractivity contribution in [3.63, 3.8) is 0 Å². The first-order chi connectivity index (χ1) is 6.77. The second-order valence-corrected chi connectivity index (χ2v) is 3.29. The van der Waals surface area contributed by atoms with Crippen LogP contribution < -0.4 is 5.32 Å². The van der Waals surface area contributed by atoms with Crippen LogP contribution in [-0.4, -0.2) is 12.5 Å². The Kier molecular flexibility index (Phi) is 9.28. The van der Waals surface area contributed by atoms with Gasteiger partial charge in [-0.05, 0) is 12.8 Å². The van der Waals surface area contributed by atoms with Gasteiger partial charge in [0.25, 0.3) is 0 Å². The lowest BCUT2D eigenvalue weighted by Gasteiger charge is -1.92. The topological polar surface area (TPSA) is 29.1 Å². The molecule has 0 heterocycles. The van der Waals surface area contributed by atoms with Crippen LogP contribution in [0.4, 0.5) is 0 Å². The van der Waals surface area contributed by atoms with Crippen molar-refractivity contribution in [1.29, 1.82) is 0 Å². The number of hydrogen-bond acceptors (Lipinski definition) is 1. The van der Waals surface area contributed by atoms with Crippen LogP contribution in [-0.2, 0) is 4.79 Å². The van der Waals surface area contributed by atoms with Crippen LogP contribution in [0.15, 0.2) is 24.3 Å². The third kappa shape index (κ3) is 11.0. The smallest absolute Gasteiger partial charge is 0.217 e. The number of rotatable bonds is 7. The summed E-state index contributed by atoms with van der Waals surface area (Å²) >= 11 is 0. The number of nitrogens with one attached hydrogen (secondary N) is 1. The molecule has 0 aromatic rings. The molecule has 0 saturated heterocycles. The standard InChI is InChI=1S/C12H21NO/c1-3-4-5-6-7-8-9-10-11-13-12(2)14/h7-10H,3-6,11H2,1-2H3,(H,13,14). The van der Waals surface area contributed by atoms with Crippen LogP contribution in [0.3, 0.4) is 0 Å². The summed E-state index contributed by atoms with van der Waals surface area (Å²) in [6.45, 7) is 4.35. The fraction of sp³-hybridized carbons (Fsp3) is 0.583. The molecule has 0 aromatic carbocycles. The van der Waals surface area contributed by atoms with Gasteiger partial charge in [-0.1, -0.05) is 44.1 Å². The van der Waals surface area contributed by atoms with Crippen molar-refractivity contribution in [1.82, 2.24) is 5.32 Å². The van der Waals surface area contributed by atoms with Gasteiger partial charge in [0.2, 0.25) is 5.91 Å². The molecule has 0 saturated carbocycles. The van der Waals surface area contributed by atoms with Crippen LogP contribution >= 0.6 is 0 Å². The van der Waals surface area contributed by atoms with Crippen molar-refractivity contribution in [3.8, 4) is 0 Å². The zero-order chi connectivity index (χ0) is 10.6. The number of allylic oxidation sites excluding steroid dienone is 3. The maximum absolute atomic E-state index is 10.5. The highest BCUT2D eigenvalue weighted by Crippen LogP contribution is 1.99. The van der Waals surface area contributed by atoms with Crippen molar-refractivity contribution in [2.75, 3.05) is 6.54 Å². The van der Waals surface area contributed by atoms with Crippen molar-refractivity contribution in [3.05, 3.63) is 24.3 Å². The average Bonchev–Trinajstić information content (AvgIpc) is 2.15. The summed E-state index contributed by atoms with van der Waals surface area (Å²) < 4.78 is 0. The summed E-state index contributed by atoms with van der Waals surface area (Å²) in [5.74, 6) is 0.0153. The number of unbranched alkanes of at least 4 members (excludes halogenated alkanes) is 3. The molecule has 80 valence electrons. The molecule has 14 heavy (non-hydrogen) atoms. The molecule has 0 bridgehead atoms. The lowest BCUT2D eigenvalue weighted by atomic mass is 10.2. The van der Waals surface area contributed by atoms with E-state index in [1.165, 1.54) is 26.2 Å². The predicted molar refractivity (Wildman–Crippen MR) is 61.1 cm³/mol. The minimum Gasteiger partial charge on any atom is -0.353 e. The zero-order valence-corrected chi connectivity index (χ0v) is 9.25. The van der Waals surface area contributed by atoms with Gasteiger partial charge in [-0.2, -0.15) is 0 Å². The van der Waals surface area contributed by atoms with Gasteiger partial charge >= 0.3 is 0 Å². The Balaban J connectivity index is 3.28. The summed E-state index contributed by atoms with van der Waals surface area (Å²) in [7, 11) is 0. The first-order valence-electron chi connectivity index (χ1n) is 5.33. The second-order valence-electron chi connectivity index (χ2n) is 3.29. The van der Waals surface area contributed by atoms with Crippen molar-refractivity contribution in [2.45, 2.75) is 39.5 Å². The minimum absolute atomic E-state index is 0.0153. The van der Waals surface area contributed by atoms with Gasteiger partial charge in [0, 0.05) is 13.5 Å². The third-order valence-corrected chi connectivity index (χ3v) is 1.83. The summed E-state index contributed by atoms with van der Waals surface area (Å²) in [6.07, 6.45) is 13.1. The Morgan fingerprint density at radius 2 is 1.93 bits per heavy atom. The summed E-state index contributed by atoms with van der Waals surface area (Å²) in [6, 6.07) is 0. The van der Waals surface area contributed by atoms with Crippen LogP contribution in [0.2, 0.25) is 0 Å². The minimum atomic E-state index is 0.0153. The molecule has 0 spiro atoms. The molecule has 1 N–H and O–H groups in total. The molecule has 0 unspecified atom stereocenters. The molecule has 2 nitrogen and oxygen atoms in total. The van der Waals surface area contributed by atoms with Crippen molar-refractivity contribution >= 4 is 5.91 Å². The average molecular weight is 195 g/mol. The van der Waals surface area contributed by atoms with Crippen LogP contribution in [0, 0.1) is 0 Å². The SMILES string of the molecule is CCCCCC=CC=CCNC(C)=O. The second kappa shape index (κ2) is 10.0. The molecular formula is C12H21NO. The van der Waals surface area contributed by atoms with E-state index < -0.39 is 0 Å². The molecule has 0 atom stereocenters. The van der Waals surface area contributed by atoms with E-state index >= 15 is 0 Å². The van der Waals surface area contributed by atoms with Crippen LogP contribution in [0.1, 0.15) is 39.5 Å². The molecule has 0 aliphatic carbocycles. The molecule has 0 rings (SSSR count). The number of amides is 1. The van der Waals surface area contributed by atoms with Gasteiger partial charge in [0.15, 0.2) is 0 Å². The first-order valence-corrected chi connectivity index (χ1v) is 5.33. The van der Waals surface area contributed by atoms with Gasteiger partial charge in [-0.15, -0.1) is 0 Å². The lowest BCUT2D eigenvalue weighted by Crippen LogP contribution is -2.19. The van der Waals surface area contributed by atoms with Crippen LogP contribution in [0.25, 0.3) is 0 Å². The maximum atomic E-state index is 10.5. The van der Waals surface area contributed by atoms with E-state index in [4.69, 9.17) is 0 Å². The Morgan fingerprint density at radius 3 is 2.57 bits per heavy atom. The highest BCUT2D eigenvalue weighted by Gasteiger charge is 1.83. The summed E-state index contributed by atoms with van der Waals surface area (Å²) in [4.78, 5) is 10.5. The molecule has 1 amide bonds. The van der Waals surface area contributed by atoms with Gasteiger partial charge in [0.05, 0.1) is 0 Å². The van der Waals surface area contributed by atoms with E-state index in [1.807, 2.05) is 18.2 Å². The van der Waals surface area contributed by atoms with Gasteiger partial charge in [-0.3, -0.25) is 4.79 Å². The monoisotopic (exact) mass is 195 g/mol. The Labute approximate surface area is 87.1 Å². The quantitative estimate of drug-likeness (QED) is 0.491. The molecular weight excluding hydrogens is 174 g/mol. The number of carbonyl (C=O) groups excluding carboxylic acids is 1. The van der Waals surface area contributed by atoms with Gasteiger partial charge < -0.3 is 5.32 Å². The van der Waals surface area contributed by atoms with E-state index in [0.717, 1.165) is 6.42 Å². The number of hydrogen-bond donors (Lipinski definition) is 1. The lowest BCUT2D eigenvalue weighted by molar-refractivity contribution is -0.118. The molecule has 0 fully saturated rings. The van der Waals surface area contributed by atoms with Gasteiger partial charge in [0.1, 0.15) is 0 Å². The summed E-state index contributed by atoms with van der Waals surface area (Å²) in [5, 5.41) is 2.70. The normalized spacial score (nSPS) is 11.3. The van der Waals surface area contributed by atoms with Crippen molar-refractivity contribution < 1.29 is 4.79 Å². The maximum Gasteiger partial charge on any atom is 0.217 e. The molecule has 0 radical (unpaired) electrons. The van der Waals surface area contributed by atoms with E-state index in [0.29, 0.717) is 6.54 Å². The number of carbonyl (C=O) groups is 1. The highest BCUT2D eigenvalue weighted by atomic mass is 16.1. The van der Waals surface area contributed by atoms with Gasteiger partial charge in [-0.25, -0.2) is 0 Å². The van der Waals surface area contributed by atoms with E-state index in [-0.39, 0.29) is 5.91 Å². The predicted octanol–water partition coefficient (Wildman–Crippen LogP) is 2.82. The largest absolute Gasteiger partial charge is 0.353 e. The van der Waals surface area contributed by atoms with E-state index in [2.05, 4.69) is 18.3 Å². The molecule has 0 aliphatic heterocycles.